The maximum atomic E-state index is 12.8. The van der Waals surface area contributed by atoms with Gasteiger partial charge in [-0.05, 0) is 43.2 Å². The average molecular weight is 458 g/mol. The van der Waals surface area contributed by atoms with Crippen molar-refractivity contribution in [2.75, 3.05) is 33.1 Å². The first kappa shape index (κ1) is 24.4. The van der Waals surface area contributed by atoms with Gasteiger partial charge in [-0.2, -0.15) is 5.26 Å². The molecule has 2 N–H and O–H groups in total. The van der Waals surface area contributed by atoms with E-state index < -0.39 is 11.9 Å². The van der Waals surface area contributed by atoms with Gasteiger partial charge in [-0.25, -0.2) is 4.79 Å². The number of methoxy groups -OCH3 is 1. The van der Waals surface area contributed by atoms with Crippen LogP contribution >= 0.6 is 11.3 Å². The lowest BCUT2D eigenvalue weighted by molar-refractivity contribution is -0.112. The molecule has 0 atom stereocenters. The predicted molar refractivity (Wildman–Crippen MR) is 120 cm³/mol. The van der Waals surface area contributed by atoms with E-state index in [-0.39, 0.29) is 38.4 Å². The van der Waals surface area contributed by atoms with E-state index in [0.29, 0.717) is 17.7 Å². The highest BCUT2D eigenvalue weighted by Crippen LogP contribution is 2.35. The molecule has 0 aliphatic carbocycles. The number of amides is 2. The molecule has 9 nitrogen and oxygen atoms in total. The molecular weight excluding hydrogens is 434 g/mol. The number of nitriles is 1. The topological polar surface area (TPSA) is 129 Å². The zero-order valence-electron chi connectivity index (χ0n) is 18.3. The van der Waals surface area contributed by atoms with Crippen LogP contribution in [0.3, 0.4) is 0 Å². The summed E-state index contributed by atoms with van der Waals surface area (Å²) in [6.45, 7) is 3.67. The van der Waals surface area contributed by atoms with Crippen molar-refractivity contribution in [3.8, 4) is 17.6 Å². The Bertz CT molecular complexity index is 1130. The molecule has 10 heteroatoms. The molecule has 0 fully saturated rings. The first-order chi connectivity index (χ1) is 15.1. The highest BCUT2D eigenvalue weighted by Gasteiger charge is 2.27. The van der Waals surface area contributed by atoms with E-state index in [9.17, 15) is 24.8 Å². The molecule has 0 aliphatic heterocycles. The van der Waals surface area contributed by atoms with Crippen LogP contribution in [0, 0.1) is 18.3 Å². The summed E-state index contributed by atoms with van der Waals surface area (Å²) in [4.78, 5) is 39.2. The fourth-order valence-corrected chi connectivity index (χ4v) is 3.95. The Labute approximate surface area is 189 Å². The Morgan fingerprint density at radius 2 is 2.00 bits per heavy atom. The van der Waals surface area contributed by atoms with Crippen molar-refractivity contribution >= 4 is 40.2 Å². The number of hydrogen-bond donors (Lipinski definition) is 2. The van der Waals surface area contributed by atoms with Gasteiger partial charge in [0.25, 0.3) is 11.8 Å². The van der Waals surface area contributed by atoms with Gasteiger partial charge in [0.1, 0.15) is 16.6 Å². The summed E-state index contributed by atoms with van der Waals surface area (Å²) >= 11 is 0.926. The lowest BCUT2D eigenvalue weighted by Crippen LogP contribution is -2.21. The van der Waals surface area contributed by atoms with E-state index in [0.717, 1.165) is 11.3 Å². The van der Waals surface area contributed by atoms with Crippen LogP contribution in [0.15, 0.2) is 23.8 Å². The molecule has 2 aromatic rings. The van der Waals surface area contributed by atoms with Crippen LogP contribution < -0.4 is 10.1 Å². The van der Waals surface area contributed by atoms with E-state index in [2.05, 4.69) is 5.32 Å². The molecule has 0 unspecified atom stereocenters. The molecule has 1 aromatic carbocycles. The number of thiophene rings is 1. The lowest BCUT2D eigenvalue weighted by Gasteiger charge is -2.08. The molecule has 0 spiro atoms. The molecule has 168 valence electrons. The minimum atomic E-state index is -0.770. The van der Waals surface area contributed by atoms with E-state index in [1.807, 2.05) is 6.07 Å². The van der Waals surface area contributed by atoms with Crippen LogP contribution in [0.1, 0.15) is 38.1 Å². The number of nitrogens with one attached hydrogen (secondary N) is 1. The molecular formula is C22H23N3O6S. The number of hydrogen-bond acceptors (Lipinski definition) is 8. The van der Waals surface area contributed by atoms with Gasteiger partial charge in [-0.1, -0.05) is 6.07 Å². The standard InChI is InChI=1S/C22H23N3O6S/c1-6-31-16-10-13(7-8-15(16)26)9-14(11-23)19(27)24-20-17(22(29)30-5)12(2)18(32-20)21(28)25(3)4/h7-10,26H,6H2,1-5H3,(H,24,27). The largest absolute Gasteiger partial charge is 0.504 e. The monoisotopic (exact) mass is 457 g/mol. The van der Waals surface area contributed by atoms with Crippen molar-refractivity contribution in [2.45, 2.75) is 13.8 Å². The van der Waals surface area contributed by atoms with Crippen molar-refractivity contribution in [1.82, 2.24) is 4.90 Å². The molecule has 0 saturated heterocycles. The third-order valence-corrected chi connectivity index (χ3v) is 5.52. The van der Waals surface area contributed by atoms with Crippen molar-refractivity contribution < 1.29 is 29.0 Å². The fraction of sp³-hybridized carbons (Fsp3) is 0.273. The molecule has 0 radical (unpaired) electrons. The summed E-state index contributed by atoms with van der Waals surface area (Å²) < 4.78 is 10.1. The van der Waals surface area contributed by atoms with Crippen LogP contribution in [-0.4, -0.2) is 55.6 Å². The average Bonchev–Trinajstić information content (AvgIpc) is 3.08. The van der Waals surface area contributed by atoms with Gasteiger partial charge in [-0.3, -0.25) is 9.59 Å². The van der Waals surface area contributed by atoms with Crippen molar-refractivity contribution in [2.24, 2.45) is 0 Å². The van der Waals surface area contributed by atoms with E-state index in [4.69, 9.17) is 9.47 Å². The summed E-state index contributed by atoms with van der Waals surface area (Å²) in [5, 5.41) is 22.0. The molecule has 2 amide bonds. The van der Waals surface area contributed by atoms with Crippen molar-refractivity contribution in [3.63, 3.8) is 0 Å². The van der Waals surface area contributed by atoms with Gasteiger partial charge in [0.2, 0.25) is 0 Å². The third kappa shape index (κ3) is 5.25. The summed E-state index contributed by atoms with van der Waals surface area (Å²) in [6, 6.07) is 6.22. The fourth-order valence-electron chi connectivity index (χ4n) is 2.73. The Hall–Kier alpha value is -3.84. The molecule has 0 aliphatic rings. The predicted octanol–water partition coefficient (Wildman–Crippen LogP) is 3.19. The van der Waals surface area contributed by atoms with Gasteiger partial charge >= 0.3 is 5.97 Å². The molecule has 2 rings (SSSR count). The lowest BCUT2D eigenvalue weighted by atomic mass is 10.1. The van der Waals surface area contributed by atoms with Crippen molar-refractivity contribution in [3.05, 3.63) is 45.3 Å². The maximum absolute atomic E-state index is 12.8. The number of esters is 1. The number of phenolic OH excluding ortho intramolecular Hbond substituents is 1. The van der Waals surface area contributed by atoms with Gasteiger partial charge < -0.3 is 24.8 Å². The summed E-state index contributed by atoms with van der Waals surface area (Å²) in [5.74, 6) is -1.67. The molecule has 0 bridgehead atoms. The van der Waals surface area contributed by atoms with E-state index in [1.54, 1.807) is 27.9 Å². The second-order valence-electron chi connectivity index (χ2n) is 6.74. The maximum Gasteiger partial charge on any atom is 0.341 e. The highest BCUT2D eigenvalue weighted by molar-refractivity contribution is 7.18. The molecule has 32 heavy (non-hydrogen) atoms. The van der Waals surface area contributed by atoms with E-state index >= 15 is 0 Å². The smallest absolute Gasteiger partial charge is 0.341 e. The first-order valence-electron chi connectivity index (χ1n) is 9.46. The number of nitrogens with zero attached hydrogens (tertiary/aromatic N) is 2. The van der Waals surface area contributed by atoms with Gasteiger partial charge in [0.15, 0.2) is 11.5 Å². The third-order valence-electron chi connectivity index (χ3n) is 4.32. The summed E-state index contributed by atoms with van der Waals surface area (Å²) in [7, 11) is 4.34. The summed E-state index contributed by atoms with van der Waals surface area (Å²) in [5.41, 5.74) is 0.632. The van der Waals surface area contributed by atoms with Crippen LogP contribution in [0.5, 0.6) is 11.5 Å². The number of phenols is 1. The second-order valence-corrected chi connectivity index (χ2v) is 7.76. The normalized spacial score (nSPS) is 10.8. The SMILES string of the molecule is CCOc1cc(C=C(C#N)C(=O)Nc2sc(C(=O)N(C)C)c(C)c2C(=O)OC)ccc1O. The quantitative estimate of drug-likeness (QED) is 0.371. The minimum absolute atomic E-state index is 0.0524. The Morgan fingerprint density at radius 1 is 1.31 bits per heavy atom. The Balaban J connectivity index is 2.44. The van der Waals surface area contributed by atoms with Crippen molar-refractivity contribution in [1.29, 1.82) is 5.26 Å². The zero-order valence-corrected chi connectivity index (χ0v) is 19.1. The Kier molecular flexibility index (Phi) is 7.98. The number of carbonyl (C=O) groups is 3. The number of anilines is 1. The van der Waals surface area contributed by atoms with Crippen LogP contribution in [-0.2, 0) is 9.53 Å². The molecule has 1 heterocycles. The minimum Gasteiger partial charge on any atom is -0.504 e. The second kappa shape index (κ2) is 10.5. The molecule has 1 aromatic heterocycles. The van der Waals surface area contributed by atoms with Gasteiger partial charge in [0, 0.05) is 14.1 Å². The molecule has 0 saturated carbocycles. The van der Waals surface area contributed by atoms with Gasteiger partial charge in [0.05, 0.1) is 24.2 Å². The van der Waals surface area contributed by atoms with Crippen LogP contribution in [0.4, 0.5) is 5.00 Å². The number of benzene rings is 1. The van der Waals surface area contributed by atoms with Gasteiger partial charge in [-0.15, -0.1) is 11.3 Å². The Morgan fingerprint density at radius 3 is 2.56 bits per heavy atom. The number of carbonyl (C=O) groups excluding carboxylic acids is 3. The van der Waals surface area contributed by atoms with E-state index in [1.165, 1.54) is 36.3 Å². The summed E-state index contributed by atoms with van der Waals surface area (Å²) in [6.07, 6.45) is 1.32. The number of rotatable bonds is 7. The first-order valence-corrected chi connectivity index (χ1v) is 10.3. The van der Waals surface area contributed by atoms with Crippen LogP contribution in [0.2, 0.25) is 0 Å². The highest BCUT2D eigenvalue weighted by atomic mass is 32.1. The number of aromatic hydroxyl groups is 1. The van der Waals surface area contributed by atoms with Crippen LogP contribution in [0.25, 0.3) is 6.08 Å². The zero-order chi connectivity index (χ0) is 24.0. The number of ether oxygens (including phenoxy) is 2.